The molecule has 1 fully saturated rings. The molecule has 2 unspecified atom stereocenters. The predicted molar refractivity (Wildman–Crippen MR) is 101 cm³/mol. The number of benzene rings is 1. The minimum absolute atomic E-state index is 0. The maximum atomic E-state index is 13.0. The molecule has 1 aliphatic rings. The van der Waals surface area contributed by atoms with Crippen molar-refractivity contribution in [2.24, 2.45) is 25.7 Å². The summed E-state index contributed by atoms with van der Waals surface area (Å²) in [6, 6.07) is 4.82. The Bertz CT molecular complexity index is 933. The Labute approximate surface area is 153 Å². The van der Waals surface area contributed by atoms with Gasteiger partial charge < -0.3 is 5.73 Å². The Hall–Kier alpha value is -1.35. The predicted octanol–water partition coefficient (Wildman–Crippen LogP) is 1.05. The van der Waals surface area contributed by atoms with Crippen LogP contribution < -0.4 is 11.4 Å². The van der Waals surface area contributed by atoms with E-state index in [2.05, 4.69) is 0 Å². The summed E-state index contributed by atoms with van der Waals surface area (Å²) in [6.07, 6.45) is 1.77. The summed E-state index contributed by atoms with van der Waals surface area (Å²) < 4.78 is 30.5. The molecule has 2 atom stereocenters. The third-order valence-electron chi connectivity index (χ3n) is 5.05. The molecule has 0 radical (unpaired) electrons. The maximum absolute atomic E-state index is 13.0. The molecule has 140 valence electrons. The normalized spacial score (nSPS) is 20.4. The van der Waals surface area contributed by atoms with Gasteiger partial charge in [0.2, 0.25) is 10.0 Å². The van der Waals surface area contributed by atoms with E-state index in [1.165, 1.54) is 13.4 Å². The smallest absolute Gasteiger partial charge is 0.328 e. The number of nitrogens with two attached hydrogens (primary N) is 1. The topological polar surface area (TPSA) is 90.3 Å². The highest BCUT2D eigenvalue weighted by molar-refractivity contribution is 7.89. The van der Waals surface area contributed by atoms with Crippen molar-refractivity contribution in [3.63, 3.8) is 0 Å². The molecule has 0 spiro atoms. The van der Waals surface area contributed by atoms with E-state index in [0.717, 1.165) is 12.8 Å². The number of aryl methyl sites for hydroxylation is 2. The maximum Gasteiger partial charge on any atom is 0.328 e. The highest BCUT2D eigenvalue weighted by Crippen LogP contribution is 2.26. The van der Waals surface area contributed by atoms with Gasteiger partial charge in [-0.25, -0.2) is 13.2 Å². The first-order valence-electron chi connectivity index (χ1n) is 8.14. The van der Waals surface area contributed by atoms with Gasteiger partial charge in [0.05, 0.1) is 15.9 Å². The van der Waals surface area contributed by atoms with Gasteiger partial charge in [-0.2, -0.15) is 4.31 Å². The van der Waals surface area contributed by atoms with E-state index in [0.29, 0.717) is 24.1 Å². The highest BCUT2D eigenvalue weighted by Gasteiger charge is 2.32. The molecule has 2 N–H and O–H groups in total. The SMILES string of the molecule is CC(N)C1CCCN(S(=O)(=O)c2ccc3c(c2)n(C)c(=O)n3C)C1.Cl. The zero-order chi connectivity index (χ0) is 17.6. The second-order valence-corrected chi connectivity index (χ2v) is 8.61. The third kappa shape index (κ3) is 3.36. The molecule has 0 bridgehead atoms. The number of sulfonamides is 1. The van der Waals surface area contributed by atoms with Crippen molar-refractivity contribution >= 4 is 33.5 Å². The summed E-state index contributed by atoms with van der Waals surface area (Å²) in [5.41, 5.74) is 7.12. The van der Waals surface area contributed by atoms with Gasteiger partial charge in [-0.05, 0) is 43.9 Å². The van der Waals surface area contributed by atoms with Crippen LogP contribution in [-0.4, -0.2) is 41.0 Å². The number of hydrogen-bond donors (Lipinski definition) is 1. The molecule has 0 amide bonds. The molecule has 0 aliphatic carbocycles. The van der Waals surface area contributed by atoms with Crippen LogP contribution in [0.15, 0.2) is 27.9 Å². The van der Waals surface area contributed by atoms with Crippen LogP contribution in [0.3, 0.4) is 0 Å². The molecule has 3 rings (SSSR count). The first kappa shape index (κ1) is 20.0. The van der Waals surface area contributed by atoms with Gasteiger partial charge >= 0.3 is 5.69 Å². The Morgan fingerprint density at radius 2 is 1.84 bits per heavy atom. The van der Waals surface area contributed by atoms with Crippen LogP contribution in [0.5, 0.6) is 0 Å². The zero-order valence-electron chi connectivity index (χ0n) is 14.7. The molecule has 1 aliphatic heterocycles. The van der Waals surface area contributed by atoms with Gasteiger partial charge in [0.15, 0.2) is 0 Å². The van der Waals surface area contributed by atoms with Crippen molar-refractivity contribution in [2.45, 2.75) is 30.7 Å². The van der Waals surface area contributed by atoms with Gasteiger partial charge in [0, 0.05) is 33.2 Å². The van der Waals surface area contributed by atoms with Crippen LogP contribution in [0.4, 0.5) is 0 Å². The summed E-state index contributed by atoms with van der Waals surface area (Å²) in [5, 5.41) is 0. The van der Waals surface area contributed by atoms with Crippen LogP contribution in [-0.2, 0) is 24.1 Å². The van der Waals surface area contributed by atoms with Gasteiger partial charge in [-0.3, -0.25) is 9.13 Å². The largest absolute Gasteiger partial charge is 0.328 e. The minimum Gasteiger partial charge on any atom is -0.328 e. The molecule has 7 nitrogen and oxygen atoms in total. The van der Waals surface area contributed by atoms with Crippen molar-refractivity contribution in [1.29, 1.82) is 0 Å². The average molecular weight is 389 g/mol. The van der Waals surface area contributed by atoms with E-state index >= 15 is 0 Å². The van der Waals surface area contributed by atoms with E-state index in [1.807, 2.05) is 6.92 Å². The highest BCUT2D eigenvalue weighted by atomic mass is 35.5. The number of imidazole rings is 1. The fourth-order valence-electron chi connectivity index (χ4n) is 3.42. The number of piperidine rings is 1. The molecule has 1 saturated heterocycles. The average Bonchev–Trinajstić information content (AvgIpc) is 2.79. The first-order valence-corrected chi connectivity index (χ1v) is 9.58. The Morgan fingerprint density at radius 3 is 2.48 bits per heavy atom. The number of rotatable bonds is 3. The fraction of sp³-hybridized carbons (Fsp3) is 0.562. The summed E-state index contributed by atoms with van der Waals surface area (Å²) in [6.45, 7) is 2.88. The lowest BCUT2D eigenvalue weighted by molar-refractivity contribution is 0.243. The van der Waals surface area contributed by atoms with Crippen molar-refractivity contribution in [3.05, 3.63) is 28.7 Å². The lowest BCUT2D eigenvalue weighted by Crippen LogP contribution is -2.44. The molecule has 2 aromatic rings. The van der Waals surface area contributed by atoms with E-state index in [9.17, 15) is 13.2 Å². The number of nitrogens with zero attached hydrogens (tertiary/aromatic N) is 3. The summed E-state index contributed by atoms with van der Waals surface area (Å²) in [7, 11) is -0.263. The molecular weight excluding hydrogens is 364 g/mol. The van der Waals surface area contributed by atoms with Crippen molar-refractivity contribution < 1.29 is 8.42 Å². The first-order chi connectivity index (χ1) is 11.2. The van der Waals surface area contributed by atoms with E-state index < -0.39 is 10.0 Å². The molecular formula is C16H25ClN4O3S. The zero-order valence-corrected chi connectivity index (χ0v) is 16.3. The van der Waals surface area contributed by atoms with Crippen molar-refractivity contribution in [3.8, 4) is 0 Å². The Kier molecular flexibility index (Phi) is 5.68. The fourth-order valence-corrected chi connectivity index (χ4v) is 4.97. The lowest BCUT2D eigenvalue weighted by Gasteiger charge is -2.33. The van der Waals surface area contributed by atoms with Crippen LogP contribution in [0.25, 0.3) is 11.0 Å². The monoisotopic (exact) mass is 388 g/mol. The van der Waals surface area contributed by atoms with Gasteiger partial charge in [0.25, 0.3) is 0 Å². The molecule has 25 heavy (non-hydrogen) atoms. The second kappa shape index (κ2) is 7.11. The van der Waals surface area contributed by atoms with E-state index in [4.69, 9.17) is 5.73 Å². The van der Waals surface area contributed by atoms with Crippen LogP contribution in [0.2, 0.25) is 0 Å². The van der Waals surface area contributed by atoms with Gasteiger partial charge in [-0.1, -0.05) is 0 Å². The number of halogens is 1. The van der Waals surface area contributed by atoms with Crippen molar-refractivity contribution in [2.75, 3.05) is 13.1 Å². The van der Waals surface area contributed by atoms with Crippen molar-refractivity contribution in [1.82, 2.24) is 13.4 Å². The summed E-state index contributed by atoms with van der Waals surface area (Å²) in [5.74, 6) is 0.179. The Morgan fingerprint density at radius 1 is 1.20 bits per heavy atom. The van der Waals surface area contributed by atoms with Crippen LogP contribution >= 0.6 is 12.4 Å². The van der Waals surface area contributed by atoms with Crippen LogP contribution in [0.1, 0.15) is 19.8 Å². The second-order valence-electron chi connectivity index (χ2n) is 6.68. The lowest BCUT2D eigenvalue weighted by atomic mass is 9.93. The summed E-state index contributed by atoms with van der Waals surface area (Å²) >= 11 is 0. The molecule has 9 heteroatoms. The third-order valence-corrected chi connectivity index (χ3v) is 6.91. The minimum atomic E-state index is -3.59. The Balaban J connectivity index is 0.00000225. The quantitative estimate of drug-likeness (QED) is 0.850. The number of aromatic nitrogens is 2. The summed E-state index contributed by atoms with van der Waals surface area (Å²) in [4.78, 5) is 12.2. The number of hydrogen-bond acceptors (Lipinski definition) is 4. The van der Waals surface area contributed by atoms with Gasteiger partial charge in [-0.15, -0.1) is 12.4 Å². The standard InChI is InChI=1S/C16H24N4O3S.ClH/c1-11(17)12-5-4-8-20(10-12)24(22,23)13-6-7-14-15(9-13)19(3)16(21)18(14)2;/h6-7,9,11-12H,4-5,8,10,17H2,1-3H3;1H. The molecule has 0 saturated carbocycles. The van der Waals surface area contributed by atoms with Gasteiger partial charge in [0.1, 0.15) is 0 Å². The van der Waals surface area contributed by atoms with Crippen LogP contribution in [0, 0.1) is 5.92 Å². The van der Waals surface area contributed by atoms with E-state index in [-0.39, 0.29) is 35.0 Å². The molecule has 1 aromatic carbocycles. The molecule has 1 aromatic heterocycles. The van der Waals surface area contributed by atoms with E-state index in [1.54, 1.807) is 32.3 Å². The molecule has 2 heterocycles. The number of fused-ring (bicyclic) bond motifs is 1.